The number of aliphatic hydroxyl groups excluding tert-OH is 1. The Labute approximate surface area is 54.5 Å². The molecular formula is C7H10O2. The lowest BCUT2D eigenvalue weighted by atomic mass is 10.4. The molecule has 0 atom stereocenters. The van der Waals surface area contributed by atoms with Gasteiger partial charge in [-0.3, -0.25) is 0 Å². The summed E-state index contributed by atoms with van der Waals surface area (Å²) in [5.41, 5.74) is 0. The molecule has 1 aliphatic rings. The molecule has 0 aromatic heterocycles. The first-order valence-corrected chi connectivity index (χ1v) is 3.01. The van der Waals surface area contributed by atoms with Gasteiger partial charge >= 0.3 is 0 Å². The second-order valence-electron chi connectivity index (χ2n) is 1.83. The Hall–Kier alpha value is -0.600. The second kappa shape index (κ2) is 3.43. The Morgan fingerprint density at radius 1 is 1.33 bits per heavy atom. The summed E-state index contributed by atoms with van der Waals surface area (Å²) in [5, 5.41) is 8.35. The fourth-order valence-electron chi connectivity index (χ4n) is 0.711. The first-order valence-electron chi connectivity index (χ1n) is 3.01. The highest BCUT2D eigenvalue weighted by Crippen LogP contribution is 2.02. The van der Waals surface area contributed by atoms with Gasteiger partial charge in [-0.05, 0) is 0 Å². The maximum Gasteiger partial charge on any atom is 0.0944 e. The van der Waals surface area contributed by atoms with Crippen LogP contribution in [0, 0.1) is 0 Å². The van der Waals surface area contributed by atoms with Gasteiger partial charge in [-0.2, -0.15) is 0 Å². The van der Waals surface area contributed by atoms with E-state index in [4.69, 9.17) is 9.84 Å². The van der Waals surface area contributed by atoms with Crippen LogP contribution in [0.3, 0.4) is 0 Å². The molecule has 0 aromatic carbocycles. The van der Waals surface area contributed by atoms with Crippen molar-refractivity contribution in [2.24, 2.45) is 0 Å². The van der Waals surface area contributed by atoms with Crippen molar-refractivity contribution in [1.29, 1.82) is 0 Å². The Balaban J connectivity index is 2.13. The highest BCUT2D eigenvalue weighted by molar-refractivity contribution is 5.18. The van der Waals surface area contributed by atoms with Gasteiger partial charge in [-0.1, -0.05) is 24.3 Å². The predicted octanol–water partition coefficient (Wildman–Crippen LogP) is 0.490. The van der Waals surface area contributed by atoms with E-state index in [9.17, 15) is 0 Å². The molecule has 2 nitrogen and oxygen atoms in total. The predicted molar refractivity (Wildman–Crippen MR) is 35.1 cm³/mol. The van der Waals surface area contributed by atoms with Crippen molar-refractivity contribution in [2.45, 2.75) is 6.10 Å². The molecule has 0 radical (unpaired) electrons. The topological polar surface area (TPSA) is 29.5 Å². The lowest BCUT2D eigenvalue weighted by Crippen LogP contribution is -2.07. The Kier molecular flexibility index (Phi) is 2.48. The van der Waals surface area contributed by atoms with E-state index < -0.39 is 0 Å². The lowest BCUT2D eigenvalue weighted by molar-refractivity contribution is 0.0786. The molecule has 2 heteroatoms. The van der Waals surface area contributed by atoms with Gasteiger partial charge in [-0.15, -0.1) is 0 Å². The summed E-state index contributed by atoms with van der Waals surface area (Å²) in [5.74, 6) is 0. The van der Waals surface area contributed by atoms with Gasteiger partial charge in [0.1, 0.15) is 0 Å². The molecule has 0 spiro atoms. The van der Waals surface area contributed by atoms with E-state index in [1.54, 1.807) is 0 Å². The summed E-state index contributed by atoms with van der Waals surface area (Å²) < 4.78 is 5.13. The van der Waals surface area contributed by atoms with Gasteiger partial charge in [0.05, 0.1) is 19.3 Å². The van der Waals surface area contributed by atoms with Gasteiger partial charge < -0.3 is 9.84 Å². The van der Waals surface area contributed by atoms with E-state index in [0.29, 0.717) is 6.61 Å². The summed E-state index contributed by atoms with van der Waals surface area (Å²) in [4.78, 5) is 0. The lowest BCUT2D eigenvalue weighted by Gasteiger charge is -2.03. The van der Waals surface area contributed by atoms with Gasteiger partial charge in [0.2, 0.25) is 0 Å². The van der Waals surface area contributed by atoms with Gasteiger partial charge in [-0.25, -0.2) is 0 Å². The minimum absolute atomic E-state index is 0.0946. The van der Waals surface area contributed by atoms with Crippen LogP contribution in [0.25, 0.3) is 0 Å². The third-order valence-electron chi connectivity index (χ3n) is 1.11. The fraction of sp³-hybridized carbons (Fsp3) is 0.429. The van der Waals surface area contributed by atoms with Crippen LogP contribution < -0.4 is 0 Å². The SMILES string of the molecule is OCCOC1C=CC=C1. The summed E-state index contributed by atoms with van der Waals surface area (Å²) in [6.07, 6.45) is 7.84. The zero-order valence-corrected chi connectivity index (χ0v) is 5.16. The third kappa shape index (κ3) is 2.00. The maximum absolute atomic E-state index is 8.35. The number of hydrogen-bond donors (Lipinski definition) is 1. The highest BCUT2D eigenvalue weighted by atomic mass is 16.5. The zero-order chi connectivity index (χ0) is 6.53. The molecule has 0 saturated carbocycles. The van der Waals surface area contributed by atoms with Crippen LogP contribution in [0.1, 0.15) is 0 Å². The maximum atomic E-state index is 8.35. The van der Waals surface area contributed by atoms with Crippen LogP contribution in [0.4, 0.5) is 0 Å². The van der Waals surface area contributed by atoms with E-state index in [-0.39, 0.29) is 12.7 Å². The third-order valence-corrected chi connectivity index (χ3v) is 1.11. The van der Waals surface area contributed by atoms with Crippen LogP contribution in [0.2, 0.25) is 0 Å². The van der Waals surface area contributed by atoms with Gasteiger partial charge in [0, 0.05) is 0 Å². The van der Waals surface area contributed by atoms with E-state index in [1.165, 1.54) is 0 Å². The average molecular weight is 126 g/mol. The van der Waals surface area contributed by atoms with Crippen LogP contribution >= 0.6 is 0 Å². The highest BCUT2D eigenvalue weighted by Gasteiger charge is 2.00. The normalized spacial score (nSPS) is 17.4. The van der Waals surface area contributed by atoms with Crippen molar-refractivity contribution in [3.63, 3.8) is 0 Å². The van der Waals surface area contributed by atoms with Gasteiger partial charge in [0.15, 0.2) is 0 Å². The van der Waals surface area contributed by atoms with Crippen molar-refractivity contribution in [3.8, 4) is 0 Å². The number of ether oxygens (including phenoxy) is 1. The van der Waals surface area contributed by atoms with Crippen LogP contribution in [-0.4, -0.2) is 24.4 Å². The molecule has 1 rings (SSSR count). The van der Waals surface area contributed by atoms with Crippen LogP contribution in [0.15, 0.2) is 24.3 Å². The van der Waals surface area contributed by atoms with Crippen molar-refractivity contribution >= 4 is 0 Å². The number of allylic oxidation sites excluding steroid dienone is 2. The monoisotopic (exact) mass is 126 g/mol. The van der Waals surface area contributed by atoms with Crippen molar-refractivity contribution in [1.82, 2.24) is 0 Å². The molecule has 0 aromatic rings. The molecule has 0 bridgehead atoms. The molecule has 0 aliphatic heterocycles. The molecule has 9 heavy (non-hydrogen) atoms. The molecule has 1 N–H and O–H groups in total. The van der Waals surface area contributed by atoms with E-state index in [0.717, 1.165) is 0 Å². The average Bonchev–Trinajstić information content (AvgIpc) is 2.34. The first-order chi connectivity index (χ1) is 4.43. The summed E-state index contributed by atoms with van der Waals surface area (Å²) in [7, 11) is 0. The van der Waals surface area contributed by atoms with Crippen molar-refractivity contribution in [3.05, 3.63) is 24.3 Å². The fourth-order valence-corrected chi connectivity index (χ4v) is 0.711. The van der Waals surface area contributed by atoms with Gasteiger partial charge in [0.25, 0.3) is 0 Å². The van der Waals surface area contributed by atoms with Crippen LogP contribution in [0.5, 0.6) is 0 Å². The molecule has 0 unspecified atom stereocenters. The Bertz CT molecular complexity index is 115. The molecule has 0 saturated heterocycles. The van der Waals surface area contributed by atoms with Crippen LogP contribution in [-0.2, 0) is 4.74 Å². The molecule has 50 valence electrons. The van der Waals surface area contributed by atoms with E-state index in [2.05, 4.69) is 0 Å². The largest absolute Gasteiger partial charge is 0.394 e. The molecule has 0 fully saturated rings. The number of hydrogen-bond acceptors (Lipinski definition) is 2. The molecule has 0 heterocycles. The Morgan fingerprint density at radius 3 is 2.56 bits per heavy atom. The quantitative estimate of drug-likeness (QED) is 0.596. The zero-order valence-electron chi connectivity index (χ0n) is 5.16. The standard InChI is InChI=1S/C7H10O2/c8-5-6-9-7-3-1-2-4-7/h1-4,7-8H,5-6H2. The van der Waals surface area contributed by atoms with Crippen molar-refractivity contribution in [2.75, 3.05) is 13.2 Å². The summed E-state index contributed by atoms with van der Waals surface area (Å²) in [6.45, 7) is 0.511. The smallest absolute Gasteiger partial charge is 0.0944 e. The minimum Gasteiger partial charge on any atom is -0.394 e. The summed E-state index contributed by atoms with van der Waals surface area (Å²) in [6, 6.07) is 0. The first kappa shape index (κ1) is 6.52. The molecular weight excluding hydrogens is 116 g/mol. The number of aliphatic hydroxyl groups is 1. The number of rotatable bonds is 3. The minimum atomic E-state index is 0.0946. The second-order valence-corrected chi connectivity index (χ2v) is 1.83. The van der Waals surface area contributed by atoms with E-state index in [1.807, 2.05) is 24.3 Å². The van der Waals surface area contributed by atoms with E-state index >= 15 is 0 Å². The Morgan fingerprint density at radius 2 is 2.00 bits per heavy atom. The summed E-state index contributed by atoms with van der Waals surface area (Å²) >= 11 is 0. The van der Waals surface area contributed by atoms with Crippen molar-refractivity contribution < 1.29 is 9.84 Å². The molecule has 0 amide bonds. The molecule has 1 aliphatic carbocycles.